The van der Waals surface area contributed by atoms with Gasteiger partial charge >= 0.3 is 0 Å². The molecule has 0 spiro atoms. The van der Waals surface area contributed by atoms with Crippen molar-refractivity contribution in [3.05, 3.63) is 0 Å². The summed E-state index contributed by atoms with van der Waals surface area (Å²) in [6.45, 7) is 5.51. The highest BCUT2D eigenvalue weighted by Crippen LogP contribution is 2.25. The van der Waals surface area contributed by atoms with Crippen LogP contribution in [-0.4, -0.2) is 49.6 Å². The lowest BCUT2D eigenvalue weighted by atomic mass is 10.1. The maximum atomic E-state index is 13.7. The Labute approximate surface area is 108 Å². The van der Waals surface area contributed by atoms with E-state index in [2.05, 4.69) is 6.92 Å². The third-order valence-electron chi connectivity index (χ3n) is 3.00. The molecule has 0 bridgehead atoms. The van der Waals surface area contributed by atoms with Gasteiger partial charge in [-0.05, 0) is 12.8 Å². The fourth-order valence-corrected chi connectivity index (χ4v) is 1.84. The first kappa shape index (κ1) is 15.8. The van der Waals surface area contributed by atoms with E-state index in [-0.39, 0.29) is 6.61 Å². The molecule has 1 fully saturated rings. The van der Waals surface area contributed by atoms with Gasteiger partial charge in [0.15, 0.2) is 12.5 Å². The number of unbranched alkanes of at least 4 members (excludes halogenated alkanes) is 2. The van der Waals surface area contributed by atoms with Crippen molar-refractivity contribution in [1.82, 2.24) is 0 Å². The van der Waals surface area contributed by atoms with Crippen LogP contribution in [0.1, 0.15) is 39.5 Å². The Kier molecular flexibility index (Phi) is 7.74. The Morgan fingerprint density at radius 2 is 1.83 bits per heavy atom. The van der Waals surface area contributed by atoms with Crippen molar-refractivity contribution in [2.45, 2.75) is 64.2 Å². The van der Waals surface area contributed by atoms with Gasteiger partial charge in [-0.3, -0.25) is 0 Å². The van der Waals surface area contributed by atoms with Gasteiger partial charge in [0, 0.05) is 13.2 Å². The number of halogens is 1. The minimum absolute atomic E-state index is 0.272. The van der Waals surface area contributed by atoms with Crippen LogP contribution in [0.15, 0.2) is 0 Å². The average Bonchev–Trinajstić information content (AvgIpc) is 2.63. The second kappa shape index (κ2) is 8.80. The largest absolute Gasteiger partial charge is 0.379 e. The van der Waals surface area contributed by atoms with Crippen molar-refractivity contribution in [1.29, 1.82) is 0 Å². The van der Waals surface area contributed by atoms with Crippen LogP contribution in [-0.2, 0) is 14.2 Å². The lowest BCUT2D eigenvalue weighted by Crippen LogP contribution is -2.35. The number of hydrogen-bond acceptors (Lipinski definition) is 4. The molecule has 1 heterocycles. The lowest BCUT2D eigenvalue weighted by Gasteiger charge is -2.19. The second-order valence-electron chi connectivity index (χ2n) is 4.63. The van der Waals surface area contributed by atoms with Gasteiger partial charge in [-0.15, -0.1) is 0 Å². The fraction of sp³-hybridized carbons (Fsp3) is 1.00. The monoisotopic (exact) mass is 264 g/mol. The molecule has 0 amide bonds. The summed E-state index contributed by atoms with van der Waals surface area (Å²) < 4.78 is 29.7. The summed E-state index contributed by atoms with van der Waals surface area (Å²) in [6, 6.07) is 0. The molecule has 1 rings (SSSR count). The summed E-state index contributed by atoms with van der Waals surface area (Å²) in [7, 11) is 0. The van der Waals surface area contributed by atoms with E-state index in [9.17, 15) is 9.50 Å². The highest BCUT2D eigenvalue weighted by atomic mass is 19.1. The molecule has 0 aromatic rings. The molecule has 1 aliphatic heterocycles. The summed E-state index contributed by atoms with van der Waals surface area (Å²) in [6.07, 6.45) is -0.214. The molecule has 1 aliphatic rings. The van der Waals surface area contributed by atoms with Gasteiger partial charge in [0.25, 0.3) is 0 Å². The molecule has 1 saturated heterocycles. The molecule has 0 saturated carbocycles. The Hall–Kier alpha value is -0.230. The molecule has 18 heavy (non-hydrogen) atoms. The zero-order chi connectivity index (χ0) is 13.4. The van der Waals surface area contributed by atoms with E-state index in [1.54, 1.807) is 0 Å². The minimum Gasteiger partial charge on any atom is -0.379 e. The number of aliphatic hydroxyl groups is 1. The predicted molar refractivity (Wildman–Crippen MR) is 66.2 cm³/mol. The summed E-state index contributed by atoms with van der Waals surface area (Å²) in [5.41, 5.74) is 0. The summed E-state index contributed by atoms with van der Waals surface area (Å²) >= 11 is 0. The highest BCUT2D eigenvalue weighted by Gasteiger charge is 2.45. The number of rotatable bonds is 9. The molecule has 0 aromatic heterocycles. The molecule has 108 valence electrons. The van der Waals surface area contributed by atoms with Crippen LogP contribution in [0.5, 0.6) is 0 Å². The Bertz CT molecular complexity index is 215. The van der Waals surface area contributed by atoms with Crippen LogP contribution in [0.2, 0.25) is 0 Å². The van der Waals surface area contributed by atoms with Gasteiger partial charge in [-0.1, -0.05) is 26.7 Å². The number of hydrogen-bond donors (Lipinski definition) is 1. The first-order valence-corrected chi connectivity index (χ1v) is 6.87. The van der Waals surface area contributed by atoms with E-state index >= 15 is 0 Å². The quantitative estimate of drug-likeness (QED) is 0.647. The zero-order valence-electron chi connectivity index (χ0n) is 11.3. The first-order valence-electron chi connectivity index (χ1n) is 6.87. The van der Waals surface area contributed by atoms with Crippen LogP contribution in [0.4, 0.5) is 4.39 Å². The zero-order valence-corrected chi connectivity index (χ0v) is 11.3. The van der Waals surface area contributed by atoms with E-state index in [1.165, 1.54) is 0 Å². The molecule has 4 nitrogen and oxygen atoms in total. The molecular weight excluding hydrogens is 239 g/mol. The lowest BCUT2D eigenvalue weighted by molar-refractivity contribution is -0.127. The van der Waals surface area contributed by atoms with Gasteiger partial charge in [-0.25, -0.2) is 4.39 Å². The average molecular weight is 264 g/mol. The first-order chi connectivity index (χ1) is 8.70. The minimum atomic E-state index is -1.48. The van der Waals surface area contributed by atoms with Gasteiger partial charge in [0.2, 0.25) is 0 Å². The standard InChI is InChI=1S/C13H25FO4/c1-3-5-7-16-9-10-12(17-8-6-4-2)11(14)13(15)18-10/h10-13,15H,3-9H2,1-2H3/t10-,11+,12-,13?/m1/s1. The third-order valence-corrected chi connectivity index (χ3v) is 3.00. The van der Waals surface area contributed by atoms with E-state index in [0.717, 1.165) is 25.7 Å². The molecular formula is C13H25FO4. The molecule has 1 unspecified atom stereocenters. The van der Waals surface area contributed by atoms with Crippen LogP contribution in [0, 0.1) is 0 Å². The number of aliphatic hydroxyl groups excluding tert-OH is 1. The molecule has 0 aromatic carbocycles. The molecule has 5 heteroatoms. The third kappa shape index (κ3) is 4.80. The Morgan fingerprint density at radius 1 is 1.17 bits per heavy atom. The van der Waals surface area contributed by atoms with Crippen molar-refractivity contribution >= 4 is 0 Å². The molecule has 4 atom stereocenters. The Balaban J connectivity index is 2.32. The molecule has 1 N–H and O–H groups in total. The maximum Gasteiger partial charge on any atom is 0.189 e. The van der Waals surface area contributed by atoms with Crippen molar-refractivity contribution in [3.63, 3.8) is 0 Å². The smallest absolute Gasteiger partial charge is 0.189 e. The second-order valence-corrected chi connectivity index (χ2v) is 4.63. The van der Waals surface area contributed by atoms with Gasteiger partial charge in [-0.2, -0.15) is 0 Å². The SMILES string of the molecule is CCCCOC[C@H]1OC(O)[C@@H](F)[C@@H]1OCCCC. The van der Waals surface area contributed by atoms with Crippen LogP contribution >= 0.6 is 0 Å². The normalized spacial score (nSPS) is 32.0. The number of ether oxygens (including phenoxy) is 3. The summed E-state index contributed by atoms with van der Waals surface area (Å²) in [5, 5.41) is 9.36. The topological polar surface area (TPSA) is 47.9 Å². The van der Waals surface area contributed by atoms with Gasteiger partial charge < -0.3 is 19.3 Å². The van der Waals surface area contributed by atoms with Crippen LogP contribution in [0.25, 0.3) is 0 Å². The molecule has 0 aliphatic carbocycles. The Morgan fingerprint density at radius 3 is 2.50 bits per heavy atom. The maximum absolute atomic E-state index is 13.7. The van der Waals surface area contributed by atoms with Crippen molar-refractivity contribution in [3.8, 4) is 0 Å². The fourth-order valence-electron chi connectivity index (χ4n) is 1.84. The van der Waals surface area contributed by atoms with Crippen LogP contribution in [0.3, 0.4) is 0 Å². The van der Waals surface area contributed by atoms with Gasteiger partial charge in [0.05, 0.1) is 6.61 Å². The highest BCUT2D eigenvalue weighted by molar-refractivity contribution is 4.87. The summed E-state index contributed by atoms with van der Waals surface area (Å²) in [4.78, 5) is 0. The van der Waals surface area contributed by atoms with Crippen molar-refractivity contribution in [2.24, 2.45) is 0 Å². The van der Waals surface area contributed by atoms with E-state index < -0.39 is 24.7 Å². The molecule has 0 radical (unpaired) electrons. The van der Waals surface area contributed by atoms with E-state index in [0.29, 0.717) is 13.2 Å². The van der Waals surface area contributed by atoms with E-state index in [4.69, 9.17) is 14.2 Å². The van der Waals surface area contributed by atoms with Crippen molar-refractivity contribution < 1.29 is 23.7 Å². The number of alkyl halides is 1. The summed E-state index contributed by atoms with van der Waals surface area (Å²) in [5.74, 6) is 0. The van der Waals surface area contributed by atoms with Crippen LogP contribution < -0.4 is 0 Å². The van der Waals surface area contributed by atoms with E-state index in [1.807, 2.05) is 6.92 Å². The predicted octanol–water partition coefficient (Wildman–Crippen LogP) is 2.04. The van der Waals surface area contributed by atoms with Gasteiger partial charge in [0.1, 0.15) is 12.2 Å². The van der Waals surface area contributed by atoms with Crippen molar-refractivity contribution in [2.75, 3.05) is 19.8 Å².